The Bertz CT molecular complexity index is 1670. The third kappa shape index (κ3) is 14.6. The summed E-state index contributed by atoms with van der Waals surface area (Å²) in [5, 5.41) is 68.8. The fourth-order valence-electron chi connectivity index (χ4n) is 4.55. The molecule has 0 saturated carbocycles. The van der Waals surface area contributed by atoms with E-state index in [1.54, 1.807) is 12.3 Å². The van der Waals surface area contributed by atoms with E-state index in [-0.39, 0.29) is 31.7 Å². The average molecular weight is 780 g/mol. The zero-order valence-corrected chi connectivity index (χ0v) is 30.7. The maximum absolute atomic E-state index is 12.6. The van der Waals surface area contributed by atoms with Gasteiger partial charge in [-0.3, -0.25) is 14.4 Å². The first kappa shape index (κ1) is 43.1. The SMILES string of the molecule is Cc1cccc(Nc2ncnc3cnc(NCC(=O)OCCSSC[C@H](NC(=O)[C@@H](C)CCC(=O)NC[C@H](O)[C@@H](O)[C@H](O)[C@H](O)CO)C(=O)O)cc23)c1. The minimum atomic E-state index is -1.83. The topological polar surface area (TPSA) is 286 Å². The molecule has 10 N–H and O–H groups in total. The molecular formula is C33H45N7O11S2. The maximum atomic E-state index is 12.6. The summed E-state index contributed by atoms with van der Waals surface area (Å²) in [6, 6.07) is 8.34. The van der Waals surface area contributed by atoms with E-state index in [9.17, 15) is 44.7 Å². The normalized spacial score (nSPS) is 14.6. The van der Waals surface area contributed by atoms with Crippen molar-refractivity contribution in [3.63, 3.8) is 0 Å². The lowest BCUT2D eigenvalue weighted by Gasteiger charge is -2.25. The van der Waals surface area contributed by atoms with Crippen molar-refractivity contribution in [3.05, 3.63) is 48.4 Å². The third-order valence-electron chi connectivity index (χ3n) is 7.66. The van der Waals surface area contributed by atoms with Crippen LogP contribution in [0.1, 0.15) is 25.3 Å². The highest BCUT2D eigenvalue weighted by atomic mass is 33.1. The summed E-state index contributed by atoms with van der Waals surface area (Å²) in [5.41, 5.74) is 2.57. The molecule has 0 aliphatic heterocycles. The Hall–Kier alpha value is -4.31. The Morgan fingerprint density at radius 2 is 1.74 bits per heavy atom. The lowest BCUT2D eigenvalue weighted by molar-refractivity contribution is -0.142. The second kappa shape index (κ2) is 22.0. The van der Waals surface area contributed by atoms with Gasteiger partial charge in [0.2, 0.25) is 11.8 Å². The Labute approximate surface area is 312 Å². The molecule has 6 atom stereocenters. The van der Waals surface area contributed by atoms with Crippen LogP contribution in [0.15, 0.2) is 42.9 Å². The molecule has 1 aromatic carbocycles. The molecule has 3 rings (SSSR count). The number of hydrogen-bond donors (Lipinski definition) is 10. The van der Waals surface area contributed by atoms with Gasteiger partial charge in [0.1, 0.15) is 55.5 Å². The lowest BCUT2D eigenvalue weighted by Crippen LogP contribution is -2.49. The molecule has 0 aliphatic rings. The molecule has 0 radical (unpaired) electrons. The molecule has 18 nitrogen and oxygen atoms in total. The summed E-state index contributed by atoms with van der Waals surface area (Å²) >= 11 is 0. The number of ether oxygens (including phenoxy) is 1. The number of carbonyl (C=O) groups excluding carboxylic acids is 3. The predicted molar refractivity (Wildman–Crippen MR) is 198 cm³/mol. The van der Waals surface area contributed by atoms with Crippen LogP contribution in [0.25, 0.3) is 10.9 Å². The Morgan fingerprint density at radius 1 is 0.981 bits per heavy atom. The van der Waals surface area contributed by atoms with Crippen LogP contribution in [0.4, 0.5) is 17.3 Å². The zero-order chi connectivity index (χ0) is 38.9. The number of carboxylic acid groups (broad SMARTS) is 1. The number of hydrogen-bond acceptors (Lipinski definition) is 17. The first-order chi connectivity index (χ1) is 25.3. The van der Waals surface area contributed by atoms with Crippen molar-refractivity contribution in [1.82, 2.24) is 25.6 Å². The fraction of sp³-hybridized carbons (Fsp3) is 0.485. The van der Waals surface area contributed by atoms with E-state index >= 15 is 0 Å². The van der Waals surface area contributed by atoms with Crippen molar-refractivity contribution in [2.45, 2.75) is 57.1 Å². The number of aliphatic hydroxyl groups is 5. The van der Waals surface area contributed by atoms with Crippen LogP contribution < -0.4 is 21.3 Å². The number of nitrogens with zero attached hydrogens (tertiary/aromatic N) is 3. The molecule has 2 heterocycles. The molecule has 0 saturated heterocycles. The van der Waals surface area contributed by atoms with E-state index in [2.05, 4.69) is 36.2 Å². The van der Waals surface area contributed by atoms with E-state index < -0.39 is 73.3 Å². The molecule has 53 heavy (non-hydrogen) atoms. The smallest absolute Gasteiger partial charge is 0.327 e. The molecule has 0 spiro atoms. The fourth-order valence-corrected chi connectivity index (χ4v) is 6.53. The van der Waals surface area contributed by atoms with Crippen LogP contribution in [0.5, 0.6) is 0 Å². The lowest BCUT2D eigenvalue weighted by atomic mass is 10.0. The van der Waals surface area contributed by atoms with Crippen LogP contribution in [0.2, 0.25) is 0 Å². The van der Waals surface area contributed by atoms with E-state index in [1.807, 2.05) is 31.2 Å². The predicted octanol–water partition coefficient (Wildman–Crippen LogP) is -0.0489. The highest BCUT2D eigenvalue weighted by Gasteiger charge is 2.30. The number of aliphatic hydroxyl groups excluding tert-OH is 5. The van der Waals surface area contributed by atoms with Gasteiger partial charge in [0, 0.05) is 41.5 Å². The van der Waals surface area contributed by atoms with E-state index in [1.165, 1.54) is 34.8 Å². The summed E-state index contributed by atoms with van der Waals surface area (Å²) in [5.74, 6) is -2.29. The van der Waals surface area contributed by atoms with Crippen LogP contribution in [0, 0.1) is 12.8 Å². The number of rotatable bonds is 23. The van der Waals surface area contributed by atoms with Crippen LogP contribution in [0.3, 0.4) is 0 Å². The van der Waals surface area contributed by atoms with Gasteiger partial charge in [-0.25, -0.2) is 19.7 Å². The van der Waals surface area contributed by atoms with Crippen LogP contribution >= 0.6 is 21.6 Å². The molecule has 20 heteroatoms. The number of pyridine rings is 1. The van der Waals surface area contributed by atoms with Gasteiger partial charge in [0.25, 0.3) is 0 Å². The van der Waals surface area contributed by atoms with Crippen molar-refractivity contribution in [3.8, 4) is 0 Å². The highest BCUT2D eigenvalue weighted by Crippen LogP contribution is 2.25. The first-order valence-electron chi connectivity index (χ1n) is 16.5. The number of aliphatic carboxylic acids is 1. The summed E-state index contributed by atoms with van der Waals surface area (Å²) in [6.45, 7) is 2.11. The second-order valence-corrected chi connectivity index (χ2v) is 14.6. The Morgan fingerprint density at radius 3 is 2.45 bits per heavy atom. The van der Waals surface area contributed by atoms with Crippen molar-refractivity contribution in [2.24, 2.45) is 5.92 Å². The van der Waals surface area contributed by atoms with Crippen molar-refractivity contribution in [1.29, 1.82) is 0 Å². The Kier molecular flexibility index (Phi) is 17.9. The van der Waals surface area contributed by atoms with Crippen molar-refractivity contribution >= 4 is 73.6 Å². The monoisotopic (exact) mass is 779 g/mol. The minimum absolute atomic E-state index is 0.0174. The molecule has 0 fully saturated rings. The molecular weight excluding hydrogens is 735 g/mol. The standard InChI is InChI=1S/C33H45N7O11S2/c1-18-4-3-5-20(10-18)39-31-21-11-26(34-12-22(21)37-17-38-31)35-14-28(45)51-8-9-52-53-16-23(33(49)50)40-32(48)19(2)6-7-27(44)36-13-24(42)29(46)30(47)25(43)15-41/h3-5,10-12,17,19,23-25,29-30,41-43,46-47H,6-9,13-16H2,1-2H3,(H,34,35)(H,36,44)(H,40,48)(H,49,50)(H,37,38,39)/t19-,23-,24-,25+,29+,30+/m0/s1. The van der Waals surface area contributed by atoms with Gasteiger partial charge in [-0.15, -0.1) is 0 Å². The van der Waals surface area contributed by atoms with E-state index in [0.29, 0.717) is 28.3 Å². The van der Waals surface area contributed by atoms with E-state index in [0.717, 1.165) is 11.3 Å². The minimum Gasteiger partial charge on any atom is -0.480 e. The number of anilines is 3. The number of aromatic nitrogens is 3. The molecule has 0 unspecified atom stereocenters. The van der Waals surface area contributed by atoms with Gasteiger partial charge >= 0.3 is 11.9 Å². The highest BCUT2D eigenvalue weighted by molar-refractivity contribution is 8.76. The van der Waals surface area contributed by atoms with Crippen molar-refractivity contribution < 1.29 is 54.6 Å². The number of fused-ring (bicyclic) bond motifs is 1. The second-order valence-electron chi connectivity index (χ2n) is 11.9. The van der Waals surface area contributed by atoms with Gasteiger partial charge in [-0.2, -0.15) is 0 Å². The molecule has 0 aliphatic carbocycles. The largest absolute Gasteiger partial charge is 0.480 e. The van der Waals surface area contributed by atoms with Gasteiger partial charge in [-0.1, -0.05) is 40.6 Å². The van der Waals surface area contributed by atoms with Crippen LogP contribution in [-0.2, 0) is 23.9 Å². The van der Waals surface area contributed by atoms with Gasteiger partial charge < -0.3 is 56.6 Å². The summed E-state index contributed by atoms with van der Waals surface area (Å²) in [4.78, 5) is 61.7. The number of nitrogens with one attached hydrogen (secondary N) is 4. The zero-order valence-electron chi connectivity index (χ0n) is 29.0. The summed E-state index contributed by atoms with van der Waals surface area (Å²) < 4.78 is 5.25. The molecule has 0 bridgehead atoms. The van der Waals surface area contributed by atoms with Crippen LogP contribution in [-0.4, -0.2) is 138 Å². The number of esters is 1. The number of carboxylic acids is 1. The van der Waals surface area contributed by atoms with Crippen molar-refractivity contribution in [2.75, 3.05) is 48.4 Å². The summed E-state index contributed by atoms with van der Waals surface area (Å²) in [7, 11) is 2.44. The molecule has 2 amide bonds. The Balaban J connectivity index is 1.32. The number of carbonyl (C=O) groups is 4. The maximum Gasteiger partial charge on any atom is 0.327 e. The average Bonchev–Trinajstić information content (AvgIpc) is 3.14. The first-order valence-corrected chi connectivity index (χ1v) is 19.0. The third-order valence-corrected chi connectivity index (χ3v) is 10.0. The van der Waals surface area contributed by atoms with Gasteiger partial charge in [0.05, 0.1) is 24.4 Å². The quantitative estimate of drug-likeness (QED) is 0.0343. The number of amides is 2. The van der Waals surface area contributed by atoms with Gasteiger partial charge in [-0.05, 0) is 37.1 Å². The van der Waals surface area contributed by atoms with Gasteiger partial charge in [0.15, 0.2) is 0 Å². The number of benzene rings is 1. The molecule has 3 aromatic rings. The number of aryl methyl sites for hydroxylation is 1. The molecule has 290 valence electrons. The van der Waals surface area contributed by atoms with E-state index in [4.69, 9.17) is 9.84 Å². The molecule has 2 aromatic heterocycles. The summed E-state index contributed by atoms with van der Waals surface area (Å²) in [6.07, 6.45) is -4.08.